The summed E-state index contributed by atoms with van der Waals surface area (Å²) in [6, 6.07) is 7.31. The van der Waals surface area contributed by atoms with Gasteiger partial charge in [0.1, 0.15) is 5.69 Å². The maximum absolute atomic E-state index is 12.6. The normalized spacial score (nSPS) is 18.5. The van der Waals surface area contributed by atoms with Crippen LogP contribution in [0.25, 0.3) is 0 Å². The molecule has 0 aliphatic carbocycles. The van der Waals surface area contributed by atoms with Crippen LogP contribution in [0, 0.1) is 20.8 Å². The molecule has 1 unspecified atom stereocenters. The average molecular weight is 373 g/mol. The number of nitrogens with zero attached hydrogens (tertiary/aromatic N) is 1. The minimum atomic E-state index is -2.95. The Labute approximate surface area is 154 Å². The van der Waals surface area contributed by atoms with E-state index in [1.165, 1.54) is 0 Å². The van der Waals surface area contributed by atoms with Gasteiger partial charge in [0, 0.05) is 23.6 Å². The molecule has 7 heteroatoms. The van der Waals surface area contributed by atoms with Crippen LogP contribution in [0.2, 0.25) is 0 Å². The third-order valence-electron chi connectivity index (χ3n) is 4.51. The van der Waals surface area contributed by atoms with E-state index in [0.29, 0.717) is 12.1 Å². The fourth-order valence-electron chi connectivity index (χ4n) is 3.34. The molecule has 2 heterocycles. The van der Waals surface area contributed by atoms with Crippen LogP contribution in [0.3, 0.4) is 0 Å². The van der Waals surface area contributed by atoms with E-state index in [2.05, 4.69) is 15.6 Å². The van der Waals surface area contributed by atoms with Crippen molar-refractivity contribution in [2.24, 2.45) is 0 Å². The van der Waals surface area contributed by atoms with Gasteiger partial charge in [-0.15, -0.1) is 0 Å². The number of rotatable bonds is 4. The Balaban J connectivity index is 1.75. The first kappa shape index (κ1) is 18.4. The van der Waals surface area contributed by atoms with E-state index in [0.717, 1.165) is 22.4 Å². The zero-order valence-electron chi connectivity index (χ0n) is 15.2. The van der Waals surface area contributed by atoms with Crippen LogP contribution in [0.5, 0.6) is 0 Å². The Morgan fingerprint density at radius 2 is 1.85 bits per heavy atom. The number of nitrogens with one attached hydrogen (secondary N) is 2. The molecule has 0 radical (unpaired) electrons. The fourth-order valence-corrected chi connectivity index (χ4v) is 5.02. The summed E-state index contributed by atoms with van der Waals surface area (Å²) in [6.45, 7) is 5.94. The summed E-state index contributed by atoms with van der Waals surface area (Å²) in [5, 5.41) is 6.12. The van der Waals surface area contributed by atoms with Crippen LogP contribution in [-0.2, 0) is 9.84 Å². The van der Waals surface area contributed by atoms with Crippen molar-refractivity contribution in [1.82, 2.24) is 4.98 Å². The molecule has 2 N–H and O–H groups in total. The summed E-state index contributed by atoms with van der Waals surface area (Å²) < 4.78 is 23.2. The standard InChI is InChI=1S/C19H23N3O3S/c1-12-8-13(2)18(14(3)9-12)22-19(23)17-10-15(4-6-20-17)21-16-5-7-26(24,25)11-16/h4,6,8-10,16H,5,7,11H2,1-3H3,(H,20,21)(H,22,23). The molecule has 26 heavy (non-hydrogen) atoms. The summed E-state index contributed by atoms with van der Waals surface area (Å²) in [4.78, 5) is 16.7. The van der Waals surface area contributed by atoms with Gasteiger partial charge in [-0.2, -0.15) is 0 Å². The third-order valence-corrected chi connectivity index (χ3v) is 6.28. The van der Waals surface area contributed by atoms with Gasteiger partial charge in [-0.3, -0.25) is 9.78 Å². The SMILES string of the molecule is Cc1cc(C)c(NC(=O)c2cc(NC3CCS(=O)(=O)C3)ccn2)c(C)c1. The van der Waals surface area contributed by atoms with Crippen molar-refractivity contribution < 1.29 is 13.2 Å². The molecule has 1 aromatic carbocycles. The average Bonchev–Trinajstić information content (AvgIpc) is 2.89. The minimum absolute atomic E-state index is 0.124. The molecule has 1 aliphatic heterocycles. The summed E-state index contributed by atoms with van der Waals surface area (Å²) in [6.07, 6.45) is 2.13. The molecule has 1 saturated heterocycles. The van der Waals surface area contributed by atoms with Gasteiger partial charge in [0.05, 0.1) is 11.5 Å². The lowest BCUT2D eigenvalue weighted by molar-refractivity contribution is 0.102. The summed E-state index contributed by atoms with van der Waals surface area (Å²) in [7, 11) is -2.95. The van der Waals surface area contributed by atoms with Crippen LogP contribution in [-0.4, -0.2) is 36.9 Å². The molecule has 0 spiro atoms. The quantitative estimate of drug-likeness (QED) is 0.860. The van der Waals surface area contributed by atoms with Crippen molar-refractivity contribution >= 4 is 27.1 Å². The second-order valence-electron chi connectivity index (χ2n) is 6.90. The van der Waals surface area contributed by atoms with Crippen LogP contribution >= 0.6 is 0 Å². The number of hydrogen-bond donors (Lipinski definition) is 2. The third kappa shape index (κ3) is 4.22. The number of sulfone groups is 1. The predicted octanol–water partition coefficient (Wildman–Crippen LogP) is 2.86. The summed E-state index contributed by atoms with van der Waals surface area (Å²) in [5.74, 6) is 0.0379. The Hall–Kier alpha value is -2.41. The molecular weight excluding hydrogens is 350 g/mol. The number of amides is 1. The molecule has 1 fully saturated rings. The van der Waals surface area contributed by atoms with Gasteiger partial charge in [-0.1, -0.05) is 17.7 Å². The zero-order valence-corrected chi connectivity index (χ0v) is 16.0. The minimum Gasteiger partial charge on any atom is -0.381 e. The summed E-state index contributed by atoms with van der Waals surface area (Å²) >= 11 is 0. The number of aromatic nitrogens is 1. The van der Waals surface area contributed by atoms with Gasteiger partial charge in [-0.25, -0.2) is 8.42 Å². The van der Waals surface area contributed by atoms with E-state index >= 15 is 0 Å². The van der Waals surface area contributed by atoms with Crippen LogP contribution in [0.1, 0.15) is 33.6 Å². The van der Waals surface area contributed by atoms with Crippen LogP contribution in [0.15, 0.2) is 30.5 Å². The van der Waals surface area contributed by atoms with Gasteiger partial charge >= 0.3 is 0 Å². The van der Waals surface area contributed by atoms with Gasteiger partial charge in [0.15, 0.2) is 9.84 Å². The number of pyridine rings is 1. The van der Waals surface area contributed by atoms with Crippen molar-refractivity contribution in [3.8, 4) is 0 Å². The Kier molecular flexibility index (Phi) is 5.00. The van der Waals surface area contributed by atoms with Crippen LogP contribution in [0.4, 0.5) is 11.4 Å². The van der Waals surface area contributed by atoms with Crippen molar-refractivity contribution in [3.05, 3.63) is 52.8 Å². The Morgan fingerprint density at radius 1 is 1.15 bits per heavy atom. The highest BCUT2D eigenvalue weighted by Crippen LogP contribution is 2.23. The molecule has 1 amide bonds. The first-order valence-electron chi connectivity index (χ1n) is 8.56. The van der Waals surface area contributed by atoms with E-state index in [-0.39, 0.29) is 29.1 Å². The highest BCUT2D eigenvalue weighted by Gasteiger charge is 2.27. The molecule has 0 saturated carbocycles. The smallest absolute Gasteiger partial charge is 0.274 e. The molecule has 1 atom stereocenters. The number of aryl methyl sites for hydroxylation is 3. The summed E-state index contributed by atoms with van der Waals surface area (Å²) in [5.41, 5.74) is 4.93. The topological polar surface area (TPSA) is 88.2 Å². The number of anilines is 2. The molecule has 138 valence electrons. The van der Waals surface area contributed by atoms with Gasteiger partial charge in [0.25, 0.3) is 5.91 Å². The Morgan fingerprint density at radius 3 is 2.46 bits per heavy atom. The second-order valence-corrected chi connectivity index (χ2v) is 9.13. The molecule has 6 nitrogen and oxygen atoms in total. The molecule has 2 aromatic rings. The van der Waals surface area contributed by atoms with E-state index in [9.17, 15) is 13.2 Å². The number of hydrogen-bond acceptors (Lipinski definition) is 5. The molecular formula is C19H23N3O3S. The van der Waals surface area contributed by atoms with Gasteiger partial charge in [-0.05, 0) is 50.5 Å². The first-order chi connectivity index (χ1) is 12.2. The predicted molar refractivity (Wildman–Crippen MR) is 104 cm³/mol. The lowest BCUT2D eigenvalue weighted by Crippen LogP contribution is -2.21. The highest BCUT2D eigenvalue weighted by molar-refractivity contribution is 7.91. The van der Waals surface area contributed by atoms with Crippen molar-refractivity contribution in [1.29, 1.82) is 0 Å². The van der Waals surface area contributed by atoms with E-state index in [1.807, 2.05) is 32.9 Å². The van der Waals surface area contributed by atoms with Crippen molar-refractivity contribution in [2.75, 3.05) is 22.1 Å². The lowest BCUT2D eigenvalue weighted by Gasteiger charge is -2.14. The van der Waals surface area contributed by atoms with Gasteiger partial charge < -0.3 is 10.6 Å². The number of carbonyl (C=O) groups excluding carboxylic acids is 1. The lowest BCUT2D eigenvalue weighted by atomic mass is 10.0. The second kappa shape index (κ2) is 7.07. The highest BCUT2D eigenvalue weighted by atomic mass is 32.2. The van der Waals surface area contributed by atoms with Crippen molar-refractivity contribution in [3.63, 3.8) is 0 Å². The zero-order chi connectivity index (χ0) is 18.9. The fraction of sp³-hybridized carbons (Fsp3) is 0.368. The largest absolute Gasteiger partial charge is 0.381 e. The van der Waals surface area contributed by atoms with E-state index < -0.39 is 9.84 Å². The first-order valence-corrected chi connectivity index (χ1v) is 10.4. The molecule has 3 rings (SSSR count). The maximum atomic E-state index is 12.6. The van der Waals surface area contributed by atoms with Gasteiger partial charge in [0.2, 0.25) is 0 Å². The molecule has 1 aromatic heterocycles. The maximum Gasteiger partial charge on any atom is 0.274 e. The molecule has 1 aliphatic rings. The Bertz CT molecular complexity index is 931. The van der Waals surface area contributed by atoms with Crippen LogP contribution < -0.4 is 10.6 Å². The van der Waals surface area contributed by atoms with E-state index in [1.54, 1.807) is 18.3 Å². The monoisotopic (exact) mass is 373 g/mol. The van der Waals surface area contributed by atoms with Crippen molar-refractivity contribution in [2.45, 2.75) is 33.2 Å². The number of benzene rings is 1. The number of carbonyl (C=O) groups is 1. The van der Waals surface area contributed by atoms with E-state index in [4.69, 9.17) is 0 Å². The molecule has 0 bridgehead atoms.